The van der Waals surface area contributed by atoms with Gasteiger partial charge in [0, 0.05) is 25.0 Å². The number of nitrogens with zero attached hydrogens (tertiary/aromatic N) is 3. The van der Waals surface area contributed by atoms with Crippen LogP contribution >= 0.6 is 0 Å². The van der Waals surface area contributed by atoms with Crippen LogP contribution in [0.25, 0.3) is 16.9 Å². The quantitative estimate of drug-likeness (QED) is 0.747. The number of carbonyl (C=O) groups excluding carboxylic acids is 1. The Bertz CT molecular complexity index is 751. The maximum absolute atomic E-state index is 11.5. The Labute approximate surface area is 115 Å². The van der Waals surface area contributed by atoms with Crippen LogP contribution in [0.1, 0.15) is 0 Å². The maximum Gasteiger partial charge on any atom is 0.319 e. The molecule has 2 aromatic heterocycles. The van der Waals surface area contributed by atoms with Crippen molar-refractivity contribution in [1.82, 2.24) is 19.9 Å². The van der Waals surface area contributed by atoms with Crippen LogP contribution in [0.5, 0.6) is 0 Å². The second kappa shape index (κ2) is 5.00. The minimum atomic E-state index is -0.292. The highest BCUT2D eigenvalue weighted by Gasteiger charge is 2.10. The summed E-state index contributed by atoms with van der Waals surface area (Å²) in [6.07, 6.45) is 3.39. The predicted octanol–water partition coefficient (Wildman–Crippen LogP) is 2.15. The molecule has 2 N–H and O–H groups in total. The smallest absolute Gasteiger partial charge is 0.319 e. The molecular weight excluding hydrogens is 254 g/mol. The molecule has 2 heterocycles. The third-order valence-electron chi connectivity index (χ3n) is 2.90. The topological polar surface area (TPSA) is 71.3 Å². The fourth-order valence-electron chi connectivity index (χ4n) is 1.94. The molecule has 0 fully saturated rings. The molecule has 0 aliphatic rings. The van der Waals surface area contributed by atoms with Crippen molar-refractivity contribution >= 4 is 17.4 Å². The van der Waals surface area contributed by atoms with E-state index in [0.29, 0.717) is 11.3 Å². The molecule has 0 radical (unpaired) electrons. The summed E-state index contributed by atoms with van der Waals surface area (Å²) in [4.78, 5) is 15.7. The van der Waals surface area contributed by atoms with Crippen molar-refractivity contribution in [1.29, 1.82) is 0 Å². The molecule has 1 aromatic carbocycles. The van der Waals surface area contributed by atoms with Gasteiger partial charge in [0.25, 0.3) is 0 Å². The fraction of sp³-hybridized carbons (Fsp3) is 0.0714. The Morgan fingerprint density at radius 2 is 2.05 bits per heavy atom. The van der Waals surface area contributed by atoms with E-state index in [9.17, 15) is 4.79 Å². The Kier molecular flexibility index (Phi) is 3.04. The summed E-state index contributed by atoms with van der Waals surface area (Å²) in [6.45, 7) is 0. The Morgan fingerprint density at radius 1 is 1.25 bits per heavy atom. The van der Waals surface area contributed by atoms with Crippen molar-refractivity contribution < 1.29 is 4.79 Å². The van der Waals surface area contributed by atoms with Gasteiger partial charge < -0.3 is 10.6 Å². The largest absolute Gasteiger partial charge is 0.341 e. The molecule has 3 rings (SSSR count). The summed E-state index contributed by atoms with van der Waals surface area (Å²) in [5.41, 5.74) is 2.96. The van der Waals surface area contributed by atoms with Gasteiger partial charge in [-0.3, -0.25) is 0 Å². The number of fused-ring (bicyclic) bond motifs is 1. The molecular formula is C14H13N5O. The summed E-state index contributed by atoms with van der Waals surface area (Å²) in [6, 6.07) is 11.3. The summed E-state index contributed by atoms with van der Waals surface area (Å²) in [5, 5.41) is 9.76. The number of nitrogens with one attached hydrogen (secondary N) is 2. The number of amides is 2. The molecule has 0 unspecified atom stereocenters. The normalized spacial score (nSPS) is 10.4. The molecule has 0 aliphatic carbocycles. The zero-order valence-electron chi connectivity index (χ0n) is 10.9. The van der Waals surface area contributed by atoms with Gasteiger partial charge in [-0.2, -0.15) is 5.10 Å². The molecule has 20 heavy (non-hydrogen) atoms. The molecule has 0 spiro atoms. The van der Waals surface area contributed by atoms with Crippen molar-refractivity contribution in [2.75, 3.05) is 12.4 Å². The third-order valence-corrected chi connectivity index (χ3v) is 2.90. The van der Waals surface area contributed by atoms with Crippen LogP contribution in [0.3, 0.4) is 0 Å². The lowest BCUT2D eigenvalue weighted by Gasteiger charge is -2.08. The van der Waals surface area contributed by atoms with E-state index in [1.165, 1.54) is 0 Å². The first kappa shape index (κ1) is 12.2. The van der Waals surface area contributed by atoms with Crippen molar-refractivity contribution in [2.45, 2.75) is 0 Å². The average Bonchev–Trinajstić information content (AvgIpc) is 2.96. The lowest BCUT2D eigenvalue weighted by Crippen LogP contribution is -2.25. The molecule has 0 bridgehead atoms. The first-order chi connectivity index (χ1) is 9.78. The second-order valence-electron chi connectivity index (χ2n) is 4.21. The SMILES string of the molecule is CNC(=O)Nc1cc(-c2ccccc2)nn2ccnc12. The number of hydrogen-bond acceptors (Lipinski definition) is 3. The number of anilines is 1. The monoisotopic (exact) mass is 267 g/mol. The van der Waals surface area contributed by atoms with Gasteiger partial charge in [0.2, 0.25) is 0 Å². The van der Waals surface area contributed by atoms with Gasteiger partial charge in [-0.15, -0.1) is 0 Å². The molecule has 3 aromatic rings. The molecule has 0 saturated carbocycles. The lowest BCUT2D eigenvalue weighted by atomic mass is 10.1. The van der Waals surface area contributed by atoms with Crippen molar-refractivity contribution in [3.8, 4) is 11.3 Å². The lowest BCUT2D eigenvalue weighted by molar-refractivity contribution is 0.254. The highest BCUT2D eigenvalue weighted by atomic mass is 16.2. The minimum Gasteiger partial charge on any atom is -0.341 e. The number of urea groups is 1. The number of aromatic nitrogens is 3. The summed E-state index contributed by atoms with van der Waals surface area (Å²) in [7, 11) is 1.57. The maximum atomic E-state index is 11.5. The molecule has 0 saturated heterocycles. The molecule has 0 aliphatic heterocycles. The molecule has 6 nitrogen and oxygen atoms in total. The Balaban J connectivity index is 2.13. The third kappa shape index (κ3) is 2.18. The summed E-state index contributed by atoms with van der Waals surface area (Å²) >= 11 is 0. The van der Waals surface area contributed by atoms with E-state index in [0.717, 1.165) is 11.3 Å². The predicted molar refractivity (Wildman–Crippen MR) is 76.5 cm³/mol. The first-order valence-electron chi connectivity index (χ1n) is 6.16. The van der Waals surface area contributed by atoms with E-state index in [-0.39, 0.29) is 6.03 Å². The molecule has 2 amide bonds. The van der Waals surface area contributed by atoms with Crippen molar-refractivity contribution in [2.24, 2.45) is 0 Å². The number of imidazole rings is 1. The fourth-order valence-corrected chi connectivity index (χ4v) is 1.94. The van der Waals surface area contributed by atoms with Crippen molar-refractivity contribution in [3.05, 3.63) is 48.8 Å². The van der Waals surface area contributed by atoms with Crippen LogP contribution in [-0.2, 0) is 0 Å². The van der Waals surface area contributed by atoms with E-state index in [2.05, 4.69) is 20.7 Å². The van der Waals surface area contributed by atoms with Gasteiger partial charge in [0.1, 0.15) is 0 Å². The van der Waals surface area contributed by atoms with E-state index in [1.807, 2.05) is 36.4 Å². The number of carbonyl (C=O) groups is 1. The molecule has 100 valence electrons. The second-order valence-corrected chi connectivity index (χ2v) is 4.21. The van der Waals surface area contributed by atoms with E-state index in [1.54, 1.807) is 24.0 Å². The van der Waals surface area contributed by atoms with Crippen LogP contribution in [0.2, 0.25) is 0 Å². The van der Waals surface area contributed by atoms with E-state index in [4.69, 9.17) is 0 Å². The number of rotatable bonds is 2. The van der Waals surface area contributed by atoms with Gasteiger partial charge in [0.15, 0.2) is 5.65 Å². The number of hydrogen-bond donors (Lipinski definition) is 2. The van der Waals surface area contributed by atoms with Gasteiger partial charge in [-0.1, -0.05) is 30.3 Å². The highest BCUT2D eigenvalue weighted by molar-refractivity contribution is 5.93. The molecule has 6 heteroatoms. The van der Waals surface area contributed by atoms with E-state index >= 15 is 0 Å². The van der Waals surface area contributed by atoms with Gasteiger partial charge in [-0.25, -0.2) is 14.3 Å². The number of benzene rings is 1. The van der Waals surface area contributed by atoms with Crippen LogP contribution in [0.4, 0.5) is 10.5 Å². The van der Waals surface area contributed by atoms with Crippen LogP contribution in [-0.4, -0.2) is 27.7 Å². The summed E-state index contributed by atoms with van der Waals surface area (Å²) < 4.78 is 1.65. The van der Waals surface area contributed by atoms with Crippen LogP contribution in [0.15, 0.2) is 48.8 Å². The standard InChI is InChI=1S/C14H13N5O/c1-15-14(20)17-12-9-11(10-5-3-2-4-6-10)18-19-8-7-16-13(12)19/h2-9H,1H3,(H2,15,17,20). The minimum absolute atomic E-state index is 0.292. The highest BCUT2D eigenvalue weighted by Crippen LogP contribution is 2.23. The van der Waals surface area contributed by atoms with Crippen LogP contribution < -0.4 is 10.6 Å². The zero-order valence-corrected chi connectivity index (χ0v) is 10.9. The Morgan fingerprint density at radius 3 is 2.80 bits per heavy atom. The summed E-state index contributed by atoms with van der Waals surface area (Å²) in [5.74, 6) is 0. The van der Waals surface area contributed by atoms with Gasteiger partial charge in [0.05, 0.1) is 11.4 Å². The van der Waals surface area contributed by atoms with Gasteiger partial charge in [-0.05, 0) is 6.07 Å². The first-order valence-corrected chi connectivity index (χ1v) is 6.16. The van der Waals surface area contributed by atoms with E-state index < -0.39 is 0 Å². The Hall–Kier alpha value is -2.89. The zero-order chi connectivity index (χ0) is 13.9. The van der Waals surface area contributed by atoms with Gasteiger partial charge >= 0.3 is 6.03 Å². The average molecular weight is 267 g/mol. The molecule has 0 atom stereocenters. The van der Waals surface area contributed by atoms with Crippen LogP contribution in [0, 0.1) is 0 Å². The van der Waals surface area contributed by atoms with Crippen molar-refractivity contribution in [3.63, 3.8) is 0 Å².